The number of halogens is 1. The van der Waals surface area contributed by atoms with Crippen molar-refractivity contribution in [2.24, 2.45) is 5.10 Å². The Kier molecular flexibility index (Phi) is 4.97. The van der Waals surface area contributed by atoms with Crippen LogP contribution in [0, 0.1) is 0 Å². The van der Waals surface area contributed by atoms with Crippen molar-refractivity contribution in [1.82, 2.24) is 19.6 Å². The normalized spacial score (nSPS) is 11.4. The fourth-order valence-electron chi connectivity index (χ4n) is 3.28. The smallest absolute Gasteiger partial charge is 0.261 e. The van der Waals surface area contributed by atoms with Crippen LogP contribution >= 0.6 is 11.6 Å². The lowest BCUT2D eigenvalue weighted by Crippen LogP contribution is -2.14. The van der Waals surface area contributed by atoms with Crippen LogP contribution in [0.4, 0.5) is 11.5 Å². The number of anilines is 2. The second kappa shape index (κ2) is 8.09. The third-order valence-corrected chi connectivity index (χ3v) is 5.05. The van der Waals surface area contributed by atoms with Crippen molar-refractivity contribution in [3.63, 3.8) is 0 Å². The van der Waals surface area contributed by atoms with E-state index >= 15 is 0 Å². The number of nitrogens with one attached hydrogen (secondary N) is 1. The van der Waals surface area contributed by atoms with Crippen LogP contribution < -0.4 is 11.1 Å². The fraction of sp³-hybridized carbons (Fsp3) is 0. The Morgan fingerprint density at radius 2 is 1.72 bits per heavy atom. The lowest BCUT2D eigenvalue weighted by Gasteiger charge is -2.05. The number of fused-ring (bicyclic) bond motifs is 2. The van der Waals surface area contributed by atoms with E-state index < -0.39 is 5.91 Å². The Hall–Kier alpha value is -4.30. The second-order valence-corrected chi connectivity index (χ2v) is 7.35. The molecular weight excluding hydrogens is 426 g/mol. The number of carbonyl (C=O) groups excluding carboxylic acids is 1. The highest BCUT2D eigenvalue weighted by Crippen LogP contribution is 2.28. The first-order valence-electron chi connectivity index (χ1n) is 9.69. The van der Waals surface area contributed by atoms with Crippen LogP contribution in [0.3, 0.4) is 0 Å². The molecule has 2 aromatic carbocycles. The number of nitrogen functional groups attached to an aromatic ring is 1. The van der Waals surface area contributed by atoms with Gasteiger partial charge in [0, 0.05) is 16.9 Å². The fourth-order valence-corrected chi connectivity index (χ4v) is 3.41. The summed E-state index contributed by atoms with van der Waals surface area (Å²) in [4.78, 5) is 26.7. The van der Waals surface area contributed by atoms with Gasteiger partial charge in [-0.05, 0) is 48.5 Å². The van der Waals surface area contributed by atoms with E-state index in [1.54, 1.807) is 42.7 Å². The topological polar surface area (TPSA) is 111 Å². The Morgan fingerprint density at radius 1 is 1.00 bits per heavy atom. The molecule has 9 heteroatoms. The summed E-state index contributed by atoms with van der Waals surface area (Å²) in [6, 6.07) is 19.6. The summed E-state index contributed by atoms with van der Waals surface area (Å²) in [5, 5.41) is 7.84. The first-order valence-corrected chi connectivity index (χ1v) is 10.1. The van der Waals surface area contributed by atoms with Crippen LogP contribution in [0.5, 0.6) is 0 Å². The first kappa shape index (κ1) is 19.7. The van der Waals surface area contributed by atoms with Gasteiger partial charge in [0.1, 0.15) is 16.9 Å². The van der Waals surface area contributed by atoms with E-state index in [2.05, 4.69) is 25.4 Å². The maximum Gasteiger partial charge on any atom is 0.261 e. The molecule has 0 aliphatic rings. The number of hydrogen-bond donors (Lipinski definition) is 2. The molecule has 0 saturated carbocycles. The van der Waals surface area contributed by atoms with E-state index in [-0.39, 0.29) is 11.4 Å². The minimum absolute atomic E-state index is 0.119. The molecular formula is C23H16ClN7O. The van der Waals surface area contributed by atoms with Crippen molar-refractivity contribution in [3.8, 4) is 0 Å². The minimum Gasteiger partial charge on any atom is -0.383 e. The molecule has 5 rings (SSSR count). The zero-order chi connectivity index (χ0) is 22.1. The van der Waals surface area contributed by atoms with Gasteiger partial charge >= 0.3 is 0 Å². The van der Waals surface area contributed by atoms with E-state index in [0.29, 0.717) is 38.6 Å². The van der Waals surface area contributed by atoms with Crippen molar-refractivity contribution in [3.05, 3.63) is 89.2 Å². The van der Waals surface area contributed by atoms with Crippen LogP contribution in [-0.4, -0.2) is 31.7 Å². The van der Waals surface area contributed by atoms with E-state index in [1.807, 2.05) is 36.4 Å². The first-order chi connectivity index (χ1) is 15.6. The Morgan fingerprint density at radius 3 is 2.44 bits per heavy atom. The molecule has 8 nitrogen and oxygen atoms in total. The van der Waals surface area contributed by atoms with Crippen LogP contribution in [0.15, 0.2) is 78.0 Å². The molecule has 3 aromatic heterocycles. The zero-order valence-electron chi connectivity index (χ0n) is 16.6. The number of hydrogen-bond acceptors (Lipinski definition) is 6. The van der Waals surface area contributed by atoms with E-state index in [0.717, 1.165) is 0 Å². The monoisotopic (exact) mass is 441 g/mol. The van der Waals surface area contributed by atoms with Gasteiger partial charge in [-0.1, -0.05) is 29.8 Å². The Labute approximate surface area is 187 Å². The molecule has 3 N–H and O–H groups in total. The van der Waals surface area contributed by atoms with E-state index in [9.17, 15) is 4.79 Å². The number of amides is 1. The summed E-state index contributed by atoms with van der Waals surface area (Å²) in [5.41, 5.74) is 9.81. The van der Waals surface area contributed by atoms with Crippen molar-refractivity contribution in [2.75, 3.05) is 11.1 Å². The highest BCUT2D eigenvalue weighted by molar-refractivity contribution is 6.30. The molecule has 156 valence electrons. The Balaban J connectivity index is 1.66. The summed E-state index contributed by atoms with van der Waals surface area (Å²) >= 11 is 5.94. The van der Waals surface area contributed by atoms with Gasteiger partial charge < -0.3 is 11.1 Å². The molecule has 0 saturated heterocycles. The molecule has 0 spiro atoms. The summed E-state index contributed by atoms with van der Waals surface area (Å²) in [5.74, 6) is -0.305. The number of carbonyl (C=O) groups is 1. The van der Waals surface area contributed by atoms with Crippen LogP contribution in [0.1, 0.15) is 16.1 Å². The predicted molar refractivity (Wildman–Crippen MR) is 126 cm³/mol. The van der Waals surface area contributed by atoms with Crippen molar-refractivity contribution in [1.29, 1.82) is 0 Å². The average molecular weight is 442 g/mol. The minimum atomic E-state index is -0.425. The highest BCUT2D eigenvalue weighted by Gasteiger charge is 2.24. The lowest BCUT2D eigenvalue weighted by molar-refractivity contribution is 0.102. The third kappa shape index (κ3) is 3.63. The largest absolute Gasteiger partial charge is 0.383 e. The van der Waals surface area contributed by atoms with Gasteiger partial charge in [0.15, 0.2) is 5.65 Å². The number of aromatic nitrogens is 4. The third-order valence-electron chi connectivity index (χ3n) is 4.80. The maximum atomic E-state index is 13.2. The van der Waals surface area contributed by atoms with Crippen LogP contribution in [0.2, 0.25) is 5.02 Å². The van der Waals surface area contributed by atoms with Gasteiger partial charge in [0.25, 0.3) is 5.91 Å². The number of nitrogens with two attached hydrogens (primary N) is 1. The average Bonchev–Trinajstić information content (AvgIpc) is 3.08. The van der Waals surface area contributed by atoms with E-state index in [1.165, 1.54) is 4.68 Å². The highest BCUT2D eigenvalue weighted by atomic mass is 35.5. The SMILES string of the molecule is Nc1c(C(=O)Nc2ccc(Cl)cc2)c2nc3ccccc3nc2n1/N=C/c1ccccn1. The van der Waals surface area contributed by atoms with Gasteiger partial charge in [-0.3, -0.25) is 9.78 Å². The molecule has 3 heterocycles. The standard InChI is InChI=1S/C23H16ClN7O/c24-14-8-10-15(11-9-14)28-23(32)19-20-22(30-18-7-2-1-6-17(18)29-20)31(21(19)25)27-13-16-5-3-4-12-26-16/h1-13H,25H2,(H,28,32)/b27-13+. The van der Waals surface area contributed by atoms with Crippen LogP contribution in [-0.2, 0) is 0 Å². The van der Waals surface area contributed by atoms with E-state index in [4.69, 9.17) is 17.3 Å². The summed E-state index contributed by atoms with van der Waals surface area (Å²) in [7, 11) is 0. The molecule has 0 radical (unpaired) electrons. The number of nitrogens with zero attached hydrogens (tertiary/aromatic N) is 5. The summed E-state index contributed by atoms with van der Waals surface area (Å²) in [6.45, 7) is 0. The number of rotatable bonds is 4. The number of pyridine rings is 1. The van der Waals surface area contributed by atoms with Crippen LogP contribution in [0.25, 0.3) is 22.2 Å². The molecule has 0 fully saturated rings. The van der Waals surface area contributed by atoms with Gasteiger partial charge in [-0.15, -0.1) is 0 Å². The zero-order valence-corrected chi connectivity index (χ0v) is 17.4. The quantitative estimate of drug-likeness (QED) is 0.403. The van der Waals surface area contributed by atoms with Gasteiger partial charge in [-0.2, -0.15) is 9.78 Å². The van der Waals surface area contributed by atoms with Crippen molar-refractivity contribution < 1.29 is 4.79 Å². The summed E-state index contributed by atoms with van der Waals surface area (Å²) < 4.78 is 1.40. The molecule has 0 bridgehead atoms. The lowest BCUT2D eigenvalue weighted by atomic mass is 10.2. The van der Waals surface area contributed by atoms with Gasteiger partial charge in [0.2, 0.25) is 0 Å². The molecule has 32 heavy (non-hydrogen) atoms. The molecule has 0 atom stereocenters. The molecule has 1 amide bonds. The molecule has 0 unspecified atom stereocenters. The second-order valence-electron chi connectivity index (χ2n) is 6.92. The number of benzene rings is 2. The molecule has 0 aliphatic heterocycles. The van der Waals surface area contributed by atoms with Gasteiger partial charge in [0.05, 0.1) is 22.9 Å². The van der Waals surface area contributed by atoms with Gasteiger partial charge in [-0.25, -0.2) is 9.97 Å². The van der Waals surface area contributed by atoms with Crippen molar-refractivity contribution in [2.45, 2.75) is 0 Å². The maximum absolute atomic E-state index is 13.2. The summed E-state index contributed by atoms with van der Waals surface area (Å²) in [6.07, 6.45) is 3.21. The predicted octanol–water partition coefficient (Wildman–Crippen LogP) is 4.35. The number of para-hydroxylation sites is 2. The molecule has 5 aromatic rings. The molecule has 0 aliphatic carbocycles. The van der Waals surface area contributed by atoms with Crippen molar-refractivity contribution >= 4 is 57.4 Å². The Bertz CT molecular complexity index is 1480.